The second-order valence-electron chi connectivity index (χ2n) is 3.94. The summed E-state index contributed by atoms with van der Waals surface area (Å²) in [6.07, 6.45) is 1.93. The molecule has 6 heteroatoms. The Kier molecular flexibility index (Phi) is 6.86. The van der Waals surface area contributed by atoms with E-state index in [4.69, 9.17) is 23.2 Å². The van der Waals surface area contributed by atoms with E-state index in [0.29, 0.717) is 21.4 Å². The van der Waals surface area contributed by atoms with Crippen molar-refractivity contribution in [3.8, 4) is 0 Å². The number of benzene rings is 1. The molecule has 103 valence electrons. The summed E-state index contributed by atoms with van der Waals surface area (Å²) in [5, 5.41) is 0.881. The van der Waals surface area contributed by atoms with Gasteiger partial charge in [0.2, 0.25) is 0 Å². The van der Waals surface area contributed by atoms with Crippen LogP contribution in [0.25, 0.3) is 5.70 Å². The van der Waals surface area contributed by atoms with Gasteiger partial charge >= 0.3 is 0 Å². The van der Waals surface area contributed by atoms with Crippen LogP contribution in [0.5, 0.6) is 0 Å². The number of allylic oxidation sites excluding steroid dienone is 3. The van der Waals surface area contributed by atoms with Crippen LogP contribution in [0.15, 0.2) is 47.6 Å². The first kappa shape index (κ1) is 17.8. The van der Waals surface area contributed by atoms with Crippen molar-refractivity contribution in [1.29, 1.82) is 0 Å². The monoisotopic (exact) mass is 389 g/mol. The molecule has 2 rings (SSSR count). The van der Waals surface area contributed by atoms with E-state index in [2.05, 4.69) is 12.7 Å². The molecule has 0 saturated heterocycles. The Bertz CT molecular complexity index is 553. The summed E-state index contributed by atoms with van der Waals surface area (Å²) < 4.78 is 25.3. The van der Waals surface area contributed by atoms with E-state index in [-0.39, 0.29) is 32.7 Å². The van der Waals surface area contributed by atoms with Crippen LogP contribution in [-0.2, 0) is 32.7 Å². The zero-order chi connectivity index (χ0) is 14.0. The van der Waals surface area contributed by atoms with E-state index in [0.717, 1.165) is 5.56 Å². The van der Waals surface area contributed by atoms with Crippen LogP contribution in [-0.4, -0.2) is 17.9 Å². The van der Waals surface area contributed by atoms with Crippen molar-refractivity contribution in [3.63, 3.8) is 0 Å². The maximum Gasteiger partial charge on any atom is 0.256 e. The predicted molar refractivity (Wildman–Crippen MR) is 73.9 cm³/mol. The van der Waals surface area contributed by atoms with Crippen molar-refractivity contribution in [2.45, 2.75) is 6.43 Å². The Labute approximate surface area is 151 Å². The average Bonchev–Trinajstić information content (AvgIpc) is 2.36. The molecular weight excluding hydrogens is 380 g/mol. The second kappa shape index (κ2) is 7.70. The molecule has 0 amide bonds. The summed E-state index contributed by atoms with van der Waals surface area (Å²) in [6.45, 7) is 3.25. The standard InChI is InChI=1S/C14H10Cl2F2N.Y/c1-9-12(16)6-7-13(19(9)8-14(17)18)10-2-4-11(15)5-3-10;/h2-6,14H,1,8H2;/q-1;. The molecule has 1 aliphatic heterocycles. The molecule has 0 atom stereocenters. The number of hydrogen-bond donors (Lipinski definition) is 0. The SMILES string of the molecule is C=C1C(Cl)=C[C-]=C(c2ccc(Cl)cc2)N1CC(F)F.[Y]. The van der Waals surface area contributed by atoms with Gasteiger partial charge in [-0.1, -0.05) is 41.6 Å². The average molecular weight is 390 g/mol. The Hall–Kier alpha value is -0.216. The summed E-state index contributed by atoms with van der Waals surface area (Å²) in [4.78, 5) is 1.36. The van der Waals surface area contributed by atoms with Gasteiger partial charge in [-0.15, -0.1) is 12.1 Å². The van der Waals surface area contributed by atoms with Crippen LogP contribution >= 0.6 is 23.2 Å². The van der Waals surface area contributed by atoms with Crippen LogP contribution in [0.2, 0.25) is 5.02 Å². The molecule has 0 N–H and O–H groups in total. The van der Waals surface area contributed by atoms with Gasteiger partial charge in [0.05, 0.1) is 6.54 Å². The van der Waals surface area contributed by atoms with Crippen LogP contribution < -0.4 is 0 Å². The molecule has 1 aromatic carbocycles. The van der Waals surface area contributed by atoms with Crippen LogP contribution in [0.1, 0.15) is 5.56 Å². The molecule has 20 heavy (non-hydrogen) atoms. The van der Waals surface area contributed by atoms with Crippen molar-refractivity contribution in [1.82, 2.24) is 4.90 Å². The third-order valence-corrected chi connectivity index (χ3v) is 3.22. The van der Waals surface area contributed by atoms with E-state index in [9.17, 15) is 8.78 Å². The zero-order valence-electron chi connectivity index (χ0n) is 10.4. The first-order chi connectivity index (χ1) is 8.99. The van der Waals surface area contributed by atoms with Crippen molar-refractivity contribution in [2.75, 3.05) is 6.54 Å². The van der Waals surface area contributed by atoms with Gasteiger partial charge in [-0.2, -0.15) is 23.8 Å². The van der Waals surface area contributed by atoms with E-state index in [1.165, 1.54) is 11.0 Å². The van der Waals surface area contributed by atoms with Gasteiger partial charge in [0.25, 0.3) is 6.43 Å². The minimum Gasteiger partial charge on any atom is -0.368 e. The molecule has 0 saturated carbocycles. The summed E-state index contributed by atoms with van der Waals surface area (Å²) >= 11 is 11.7. The maximum absolute atomic E-state index is 12.7. The number of nitrogens with zero attached hydrogens (tertiary/aromatic N) is 1. The van der Waals surface area contributed by atoms with Gasteiger partial charge in [-0.05, 0) is 10.7 Å². The fraction of sp³-hybridized carbons (Fsp3) is 0.143. The third-order valence-electron chi connectivity index (χ3n) is 2.65. The van der Waals surface area contributed by atoms with Crippen LogP contribution in [0, 0.1) is 6.08 Å². The van der Waals surface area contributed by atoms with Gasteiger partial charge in [0.1, 0.15) is 0 Å². The minimum absolute atomic E-state index is 0. The Morgan fingerprint density at radius 2 is 1.80 bits per heavy atom. The molecule has 0 spiro atoms. The van der Waals surface area contributed by atoms with Crippen molar-refractivity contribution >= 4 is 28.9 Å². The smallest absolute Gasteiger partial charge is 0.256 e. The maximum atomic E-state index is 12.7. The fourth-order valence-corrected chi connectivity index (χ4v) is 2.03. The molecule has 0 aromatic heterocycles. The van der Waals surface area contributed by atoms with Gasteiger partial charge < -0.3 is 4.90 Å². The first-order valence-corrected chi connectivity index (χ1v) is 6.24. The van der Waals surface area contributed by atoms with Gasteiger partial charge in [0.15, 0.2) is 0 Å². The summed E-state index contributed by atoms with van der Waals surface area (Å²) in [5.74, 6) is 0. The molecule has 1 aliphatic rings. The first-order valence-electron chi connectivity index (χ1n) is 5.49. The van der Waals surface area contributed by atoms with Crippen molar-refractivity contribution in [3.05, 3.63) is 64.3 Å². The number of hydrogen-bond acceptors (Lipinski definition) is 1. The van der Waals surface area contributed by atoms with Crippen LogP contribution in [0.4, 0.5) is 8.78 Å². The number of alkyl halides is 2. The van der Waals surface area contributed by atoms with Crippen molar-refractivity contribution < 1.29 is 41.5 Å². The van der Waals surface area contributed by atoms with E-state index in [1.807, 2.05) is 0 Å². The molecule has 0 fully saturated rings. The van der Waals surface area contributed by atoms with Gasteiger partial charge in [0, 0.05) is 37.7 Å². The van der Waals surface area contributed by atoms with E-state index < -0.39 is 13.0 Å². The molecule has 1 heterocycles. The molecule has 0 unspecified atom stereocenters. The van der Waals surface area contributed by atoms with Gasteiger partial charge in [-0.25, -0.2) is 8.78 Å². The summed E-state index contributed by atoms with van der Waals surface area (Å²) in [6, 6.07) is 6.86. The molecule has 0 bridgehead atoms. The van der Waals surface area contributed by atoms with Gasteiger partial charge in [-0.3, -0.25) is 0 Å². The normalized spacial score (nSPS) is 14.8. The minimum atomic E-state index is -2.50. The van der Waals surface area contributed by atoms with Crippen LogP contribution in [0.3, 0.4) is 0 Å². The zero-order valence-corrected chi connectivity index (χ0v) is 14.8. The molecule has 1 nitrogen and oxygen atoms in total. The van der Waals surface area contributed by atoms with Crippen molar-refractivity contribution in [2.24, 2.45) is 0 Å². The number of rotatable bonds is 3. The van der Waals surface area contributed by atoms with E-state index in [1.54, 1.807) is 24.3 Å². The second-order valence-corrected chi connectivity index (χ2v) is 4.78. The Morgan fingerprint density at radius 1 is 1.20 bits per heavy atom. The topological polar surface area (TPSA) is 3.24 Å². The number of halogens is 4. The van der Waals surface area contributed by atoms with E-state index >= 15 is 0 Å². The Balaban J connectivity index is 0.00000200. The summed E-state index contributed by atoms with van der Waals surface area (Å²) in [7, 11) is 0. The Morgan fingerprint density at radius 3 is 2.35 bits per heavy atom. The molecule has 1 aromatic rings. The quantitative estimate of drug-likeness (QED) is 0.677. The molecule has 1 radical (unpaired) electrons. The third kappa shape index (κ3) is 4.14. The molecular formula is C14H10Cl2F2NY-. The predicted octanol–water partition coefficient (Wildman–Crippen LogP) is 4.70. The molecule has 0 aliphatic carbocycles. The fourth-order valence-electron chi connectivity index (χ4n) is 1.74. The largest absolute Gasteiger partial charge is 0.368 e. The summed E-state index contributed by atoms with van der Waals surface area (Å²) in [5.41, 5.74) is 1.57.